The summed E-state index contributed by atoms with van der Waals surface area (Å²) in [5.41, 5.74) is 0. The molecule has 3 rings (SSSR count). The van der Waals surface area contributed by atoms with E-state index in [1.165, 1.54) is 42.4 Å². The lowest BCUT2D eigenvalue weighted by atomic mass is 9.86. The number of carboxylic acids is 1. The van der Waals surface area contributed by atoms with Crippen LogP contribution in [0.2, 0.25) is 0 Å². The Morgan fingerprint density at radius 2 is 1.97 bits per heavy atom. The minimum Gasteiger partial charge on any atom is -0.481 e. The van der Waals surface area contributed by atoms with Crippen LogP contribution in [-0.2, 0) is 9.53 Å². The molecule has 2 fully saturated rings. The molecule has 0 unspecified atom stereocenters. The number of amides is 2. The molecule has 1 aromatic rings. The summed E-state index contributed by atoms with van der Waals surface area (Å²) in [6.07, 6.45) is 12.6. The predicted octanol–water partition coefficient (Wildman–Crippen LogP) is 5.47. The first-order valence-electron chi connectivity index (χ1n) is 11.5. The van der Waals surface area contributed by atoms with E-state index >= 15 is 0 Å². The third-order valence-corrected chi connectivity index (χ3v) is 8.29. The van der Waals surface area contributed by atoms with E-state index in [2.05, 4.69) is 17.2 Å². The van der Waals surface area contributed by atoms with Gasteiger partial charge in [0.25, 0.3) is 0 Å². The van der Waals surface area contributed by atoms with E-state index in [4.69, 9.17) is 9.84 Å². The number of thioether (sulfide) groups is 1. The molecule has 0 bridgehead atoms. The molecule has 2 aliphatic rings. The average Bonchev–Trinajstić information content (AvgIpc) is 3.19. The zero-order chi connectivity index (χ0) is 22.1. The van der Waals surface area contributed by atoms with Gasteiger partial charge in [-0.1, -0.05) is 37.5 Å². The number of hydrogen-bond donors (Lipinski definition) is 2. The number of carboxylic acid groups (broad SMARTS) is 1. The summed E-state index contributed by atoms with van der Waals surface area (Å²) in [4.78, 5) is 30.1. The molecule has 2 aliphatic carbocycles. The van der Waals surface area contributed by atoms with E-state index in [-0.39, 0.29) is 18.5 Å². The fourth-order valence-electron chi connectivity index (χ4n) is 4.34. The SMILES string of the molecule is CC1CCC(N(CCOC2CCCCC2)C(=O)Nc2ncc(SCCC(=O)O)s2)CC1. The number of hydrogen-bond acceptors (Lipinski definition) is 6. The molecule has 2 saturated carbocycles. The highest BCUT2D eigenvalue weighted by Gasteiger charge is 2.28. The maximum Gasteiger partial charge on any atom is 0.323 e. The Kier molecular flexibility index (Phi) is 9.93. The molecule has 0 spiro atoms. The summed E-state index contributed by atoms with van der Waals surface area (Å²) in [5, 5.41) is 12.3. The zero-order valence-electron chi connectivity index (χ0n) is 18.4. The fraction of sp³-hybridized carbons (Fsp3) is 0.773. The Morgan fingerprint density at radius 1 is 1.23 bits per heavy atom. The molecule has 2 amide bonds. The summed E-state index contributed by atoms with van der Waals surface area (Å²) in [6.45, 7) is 3.47. The molecule has 9 heteroatoms. The van der Waals surface area contributed by atoms with E-state index in [1.807, 2.05) is 4.90 Å². The van der Waals surface area contributed by atoms with E-state index in [0.717, 1.165) is 48.7 Å². The summed E-state index contributed by atoms with van der Waals surface area (Å²) in [5.74, 6) is 0.415. The standard InChI is InChI=1S/C22H35N3O4S2/c1-16-7-9-17(10-8-16)25(12-13-29-18-5-3-2-4-6-18)22(28)24-21-23-15-20(31-21)30-14-11-19(26)27/h15-18H,2-14H2,1H3,(H,26,27)(H,23,24,28). The monoisotopic (exact) mass is 469 g/mol. The molecular formula is C22H35N3O4S2. The van der Waals surface area contributed by atoms with Crippen molar-refractivity contribution >= 4 is 40.2 Å². The van der Waals surface area contributed by atoms with E-state index in [1.54, 1.807) is 6.20 Å². The van der Waals surface area contributed by atoms with Crippen molar-refractivity contribution in [3.05, 3.63) is 6.20 Å². The van der Waals surface area contributed by atoms with Crippen molar-refractivity contribution in [1.29, 1.82) is 0 Å². The molecule has 0 saturated heterocycles. The second-order valence-corrected chi connectivity index (χ2v) is 11.1. The molecule has 0 aromatic carbocycles. The van der Waals surface area contributed by atoms with Crippen LogP contribution in [-0.4, -0.2) is 58.0 Å². The molecule has 2 N–H and O–H groups in total. The number of nitrogens with zero attached hydrogens (tertiary/aromatic N) is 2. The van der Waals surface area contributed by atoms with Gasteiger partial charge in [0, 0.05) is 18.3 Å². The molecule has 1 heterocycles. The number of carbonyl (C=O) groups is 2. The molecule has 174 valence electrons. The number of ether oxygens (including phenoxy) is 1. The third kappa shape index (κ3) is 8.27. The van der Waals surface area contributed by atoms with Crippen molar-refractivity contribution in [2.45, 2.75) is 87.5 Å². The minimum absolute atomic E-state index is 0.108. The van der Waals surface area contributed by atoms with Crippen molar-refractivity contribution in [2.75, 3.05) is 24.2 Å². The number of anilines is 1. The van der Waals surface area contributed by atoms with Gasteiger partial charge in [-0.25, -0.2) is 9.78 Å². The van der Waals surface area contributed by atoms with Crippen LogP contribution < -0.4 is 5.32 Å². The van der Waals surface area contributed by atoms with Gasteiger partial charge in [0.15, 0.2) is 5.13 Å². The fourth-order valence-corrected chi connectivity index (χ4v) is 6.21. The summed E-state index contributed by atoms with van der Waals surface area (Å²) < 4.78 is 7.02. The first-order chi connectivity index (χ1) is 15.0. The maximum atomic E-state index is 13.1. The van der Waals surface area contributed by atoms with Crippen molar-refractivity contribution in [1.82, 2.24) is 9.88 Å². The van der Waals surface area contributed by atoms with Crippen LogP contribution in [0.25, 0.3) is 0 Å². The second-order valence-electron chi connectivity index (χ2n) is 8.64. The largest absolute Gasteiger partial charge is 0.481 e. The Labute approximate surface area is 193 Å². The number of carbonyl (C=O) groups excluding carboxylic acids is 1. The van der Waals surface area contributed by atoms with Gasteiger partial charge in [0.05, 0.1) is 29.5 Å². The highest BCUT2D eigenvalue weighted by Crippen LogP contribution is 2.30. The number of rotatable bonds is 10. The highest BCUT2D eigenvalue weighted by atomic mass is 32.2. The van der Waals surface area contributed by atoms with Crippen LogP contribution in [0.3, 0.4) is 0 Å². The van der Waals surface area contributed by atoms with Gasteiger partial charge in [-0.15, -0.1) is 11.8 Å². The Morgan fingerprint density at radius 3 is 2.68 bits per heavy atom. The van der Waals surface area contributed by atoms with Crippen molar-refractivity contribution in [3.8, 4) is 0 Å². The molecule has 0 atom stereocenters. The van der Waals surface area contributed by atoms with Crippen molar-refractivity contribution < 1.29 is 19.4 Å². The second kappa shape index (κ2) is 12.6. The van der Waals surface area contributed by atoms with Crippen molar-refractivity contribution in [3.63, 3.8) is 0 Å². The van der Waals surface area contributed by atoms with Crippen LogP contribution in [0.5, 0.6) is 0 Å². The van der Waals surface area contributed by atoms with Gasteiger partial charge in [-0.3, -0.25) is 10.1 Å². The quantitative estimate of drug-likeness (QED) is 0.441. The molecule has 1 aromatic heterocycles. The first kappa shape index (κ1) is 24.3. The summed E-state index contributed by atoms with van der Waals surface area (Å²) >= 11 is 2.85. The third-order valence-electron chi connectivity index (χ3n) is 6.18. The molecule has 31 heavy (non-hydrogen) atoms. The summed E-state index contributed by atoms with van der Waals surface area (Å²) in [6, 6.07) is 0.138. The summed E-state index contributed by atoms with van der Waals surface area (Å²) in [7, 11) is 0. The van der Waals surface area contributed by atoms with Crippen LogP contribution in [0.15, 0.2) is 10.4 Å². The normalized spacial score (nSPS) is 22.2. The average molecular weight is 470 g/mol. The molecule has 0 aliphatic heterocycles. The molecule has 0 radical (unpaired) electrons. The van der Waals surface area contributed by atoms with E-state index in [0.29, 0.717) is 30.1 Å². The van der Waals surface area contributed by atoms with Crippen LogP contribution >= 0.6 is 23.1 Å². The first-order valence-corrected chi connectivity index (χ1v) is 13.3. The van der Waals surface area contributed by atoms with E-state index in [9.17, 15) is 9.59 Å². The Balaban J connectivity index is 1.53. The van der Waals surface area contributed by atoms with Crippen LogP contribution in [0, 0.1) is 5.92 Å². The Hall–Kier alpha value is -1.32. The molecular weight excluding hydrogens is 434 g/mol. The number of nitrogens with one attached hydrogen (secondary N) is 1. The Bertz CT molecular complexity index is 701. The van der Waals surface area contributed by atoms with Gasteiger partial charge in [-0.05, 0) is 44.4 Å². The van der Waals surface area contributed by atoms with Crippen LogP contribution in [0.4, 0.5) is 9.93 Å². The van der Waals surface area contributed by atoms with Gasteiger partial charge >= 0.3 is 12.0 Å². The lowest BCUT2D eigenvalue weighted by Gasteiger charge is -2.36. The number of aliphatic carboxylic acids is 1. The lowest BCUT2D eigenvalue weighted by molar-refractivity contribution is -0.136. The minimum atomic E-state index is -0.807. The number of urea groups is 1. The number of thiazole rings is 1. The van der Waals surface area contributed by atoms with Gasteiger partial charge in [-0.2, -0.15) is 0 Å². The smallest absolute Gasteiger partial charge is 0.323 e. The molecule has 7 nitrogen and oxygen atoms in total. The van der Waals surface area contributed by atoms with Gasteiger partial charge < -0.3 is 14.7 Å². The van der Waals surface area contributed by atoms with Crippen LogP contribution in [0.1, 0.15) is 71.1 Å². The van der Waals surface area contributed by atoms with Crippen molar-refractivity contribution in [2.24, 2.45) is 5.92 Å². The predicted molar refractivity (Wildman–Crippen MR) is 125 cm³/mol. The highest BCUT2D eigenvalue weighted by molar-refractivity contribution is 8.01. The topological polar surface area (TPSA) is 91.8 Å². The van der Waals surface area contributed by atoms with Gasteiger partial charge in [0.2, 0.25) is 0 Å². The zero-order valence-corrected chi connectivity index (χ0v) is 20.0. The lowest BCUT2D eigenvalue weighted by Crippen LogP contribution is -2.46. The number of aromatic nitrogens is 1. The maximum absolute atomic E-state index is 13.1. The van der Waals surface area contributed by atoms with Gasteiger partial charge in [0.1, 0.15) is 0 Å². The van der Waals surface area contributed by atoms with E-state index < -0.39 is 5.97 Å².